The lowest BCUT2D eigenvalue weighted by Gasteiger charge is -2.21. The quantitative estimate of drug-likeness (QED) is 0.624. The Kier molecular flexibility index (Phi) is 5.68. The van der Waals surface area contributed by atoms with Crippen LogP contribution < -0.4 is 9.90 Å². The first-order valence-corrected chi connectivity index (χ1v) is 7.36. The second-order valence-electron chi connectivity index (χ2n) is 5.11. The van der Waals surface area contributed by atoms with Gasteiger partial charge in [-0.25, -0.2) is 4.79 Å². The van der Waals surface area contributed by atoms with Crippen molar-refractivity contribution in [2.75, 3.05) is 5.06 Å². The van der Waals surface area contributed by atoms with Crippen LogP contribution in [0.15, 0.2) is 54.6 Å². The lowest BCUT2D eigenvalue weighted by Crippen LogP contribution is -2.32. The number of rotatable bonds is 7. The highest BCUT2D eigenvalue weighted by Crippen LogP contribution is 2.20. The fraction of sp³-hybridized carbons (Fsp3) is 0.167. The molecule has 0 heterocycles. The average molecular weight is 327 g/mol. The zero-order valence-corrected chi connectivity index (χ0v) is 13.1. The van der Waals surface area contributed by atoms with Crippen LogP contribution in [0.3, 0.4) is 0 Å². The molecule has 6 nitrogen and oxygen atoms in total. The zero-order valence-electron chi connectivity index (χ0n) is 13.1. The van der Waals surface area contributed by atoms with Crippen molar-refractivity contribution in [3.05, 3.63) is 60.2 Å². The van der Waals surface area contributed by atoms with Crippen LogP contribution in [0.5, 0.6) is 5.75 Å². The Hall–Kier alpha value is -3.15. The molecule has 0 spiro atoms. The predicted octanol–water partition coefficient (Wildman–Crippen LogP) is 2.62. The second-order valence-corrected chi connectivity index (χ2v) is 5.11. The first-order valence-electron chi connectivity index (χ1n) is 7.36. The lowest BCUT2D eigenvalue weighted by atomic mass is 10.1. The molecule has 0 aliphatic heterocycles. The van der Waals surface area contributed by atoms with Crippen molar-refractivity contribution in [3.8, 4) is 5.75 Å². The molecule has 0 aliphatic rings. The molecule has 2 aromatic rings. The summed E-state index contributed by atoms with van der Waals surface area (Å²) in [7, 11) is 0. The Labute approximate surface area is 139 Å². The maximum absolute atomic E-state index is 11.8. The van der Waals surface area contributed by atoms with E-state index in [1.807, 2.05) is 6.07 Å². The molecule has 0 saturated carbocycles. The number of benzene rings is 2. The van der Waals surface area contributed by atoms with Gasteiger partial charge in [-0.15, -0.1) is 5.06 Å². The molecule has 2 aromatic carbocycles. The minimum atomic E-state index is -1.43. The fourth-order valence-corrected chi connectivity index (χ4v) is 2.05. The van der Waals surface area contributed by atoms with E-state index in [2.05, 4.69) is 0 Å². The van der Waals surface area contributed by atoms with Gasteiger partial charge in [-0.05, 0) is 36.2 Å². The molecule has 6 heteroatoms. The van der Waals surface area contributed by atoms with Crippen LogP contribution in [0, 0.1) is 0 Å². The highest BCUT2D eigenvalue weighted by atomic mass is 16.7. The normalized spacial score (nSPS) is 10.0. The van der Waals surface area contributed by atoms with Crippen molar-refractivity contribution in [2.24, 2.45) is 0 Å². The maximum atomic E-state index is 11.8. The molecule has 2 rings (SSSR count). The van der Waals surface area contributed by atoms with Gasteiger partial charge in [0, 0.05) is 13.3 Å². The van der Waals surface area contributed by atoms with Gasteiger partial charge in [0.05, 0.1) is 5.69 Å². The number of hydroxylamine groups is 1. The van der Waals surface area contributed by atoms with Crippen molar-refractivity contribution < 1.29 is 24.3 Å². The van der Waals surface area contributed by atoms with Gasteiger partial charge in [0.25, 0.3) is 5.91 Å². The Bertz CT molecular complexity index is 725. The third-order valence-electron chi connectivity index (χ3n) is 3.28. The highest BCUT2D eigenvalue weighted by molar-refractivity contribution is 6.32. The number of anilines is 1. The van der Waals surface area contributed by atoms with E-state index in [-0.39, 0.29) is 12.3 Å². The number of hydrogen-bond acceptors (Lipinski definition) is 4. The number of ketones is 1. The number of carbonyl (C=O) groups excluding carboxylic acids is 2. The first-order chi connectivity index (χ1) is 11.5. The van der Waals surface area contributed by atoms with Crippen molar-refractivity contribution in [1.29, 1.82) is 0 Å². The zero-order chi connectivity index (χ0) is 17.5. The molecular formula is C18H17NO5. The van der Waals surface area contributed by atoms with Gasteiger partial charge in [0.2, 0.25) is 5.78 Å². The van der Waals surface area contributed by atoms with Crippen LogP contribution in [-0.4, -0.2) is 22.8 Å². The molecule has 0 saturated heterocycles. The van der Waals surface area contributed by atoms with Crippen molar-refractivity contribution in [2.45, 2.75) is 19.8 Å². The smallest absolute Gasteiger partial charge is 0.372 e. The van der Waals surface area contributed by atoms with Gasteiger partial charge in [0.15, 0.2) is 5.75 Å². The minimum absolute atomic E-state index is 0.0639. The Balaban J connectivity index is 2.07. The summed E-state index contributed by atoms with van der Waals surface area (Å²) < 4.78 is 0. The molecule has 1 amide bonds. The molecule has 0 radical (unpaired) electrons. The number of nitrogens with zero attached hydrogens (tertiary/aromatic N) is 1. The van der Waals surface area contributed by atoms with Crippen molar-refractivity contribution in [1.82, 2.24) is 0 Å². The number of para-hydroxylation sites is 1. The fourth-order valence-electron chi connectivity index (χ4n) is 2.05. The number of aliphatic carboxylic acids is 1. The molecule has 0 bridgehead atoms. The second kappa shape index (κ2) is 7.92. The predicted molar refractivity (Wildman–Crippen MR) is 87.6 cm³/mol. The molecule has 0 atom stereocenters. The minimum Gasteiger partial charge on any atom is -0.476 e. The van der Waals surface area contributed by atoms with E-state index in [0.29, 0.717) is 17.9 Å². The SMILES string of the molecule is CC(=O)N(Oc1ccccc1)c1ccc(CCC(=O)C(=O)O)cc1. The molecule has 0 unspecified atom stereocenters. The lowest BCUT2D eigenvalue weighted by molar-refractivity contribution is -0.149. The number of hydrogen-bond donors (Lipinski definition) is 1. The van der Waals surface area contributed by atoms with Crippen LogP contribution in [0.25, 0.3) is 0 Å². The number of carbonyl (C=O) groups is 3. The molecule has 1 N–H and O–H groups in total. The van der Waals surface area contributed by atoms with E-state index in [1.165, 1.54) is 12.0 Å². The van der Waals surface area contributed by atoms with E-state index in [9.17, 15) is 14.4 Å². The number of carboxylic acids is 1. The summed E-state index contributed by atoms with van der Waals surface area (Å²) >= 11 is 0. The van der Waals surface area contributed by atoms with E-state index >= 15 is 0 Å². The van der Waals surface area contributed by atoms with Gasteiger partial charge in [-0.3, -0.25) is 9.59 Å². The van der Waals surface area contributed by atoms with Gasteiger partial charge >= 0.3 is 5.97 Å². The average Bonchev–Trinajstić information content (AvgIpc) is 2.58. The van der Waals surface area contributed by atoms with Gasteiger partial charge in [-0.1, -0.05) is 30.3 Å². The molecule has 0 fully saturated rings. The summed E-state index contributed by atoms with van der Waals surface area (Å²) in [6, 6.07) is 15.8. The molecule has 0 aromatic heterocycles. The third kappa shape index (κ3) is 4.67. The van der Waals surface area contributed by atoms with E-state index in [4.69, 9.17) is 9.94 Å². The number of carboxylic acid groups (broad SMARTS) is 1. The first kappa shape index (κ1) is 17.2. The molecular weight excluding hydrogens is 310 g/mol. The van der Waals surface area contributed by atoms with Crippen molar-refractivity contribution in [3.63, 3.8) is 0 Å². The Morgan fingerprint density at radius 2 is 1.62 bits per heavy atom. The summed E-state index contributed by atoms with van der Waals surface area (Å²) in [4.78, 5) is 39.0. The number of amides is 1. The highest BCUT2D eigenvalue weighted by Gasteiger charge is 2.15. The van der Waals surface area contributed by atoms with Gasteiger partial charge < -0.3 is 9.94 Å². The number of Topliss-reactive ketones (excluding diaryl/α,β-unsaturated/α-hetero) is 1. The third-order valence-corrected chi connectivity index (χ3v) is 3.28. The monoisotopic (exact) mass is 327 g/mol. The Morgan fingerprint density at radius 1 is 1.00 bits per heavy atom. The summed E-state index contributed by atoms with van der Waals surface area (Å²) in [5, 5.41) is 9.74. The van der Waals surface area contributed by atoms with Crippen LogP contribution >= 0.6 is 0 Å². The summed E-state index contributed by atoms with van der Waals surface area (Å²) in [5.74, 6) is -2.00. The van der Waals surface area contributed by atoms with Crippen LogP contribution in [-0.2, 0) is 20.8 Å². The topological polar surface area (TPSA) is 83.9 Å². The number of aryl methyl sites for hydroxylation is 1. The van der Waals surface area contributed by atoms with Crippen LogP contribution in [0.4, 0.5) is 5.69 Å². The van der Waals surface area contributed by atoms with Crippen molar-refractivity contribution >= 4 is 23.3 Å². The Morgan fingerprint density at radius 3 is 2.17 bits per heavy atom. The van der Waals surface area contributed by atoms with Crippen LogP contribution in [0.1, 0.15) is 18.9 Å². The maximum Gasteiger partial charge on any atom is 0.372 e. The largest absolute Gasteiger partial charge is 0.476 e. The molecule has 124 valence electrons. The van der Waals surface area contributed by atoms with E-state index in [0.717, 1.165) is 5.56 Å². The molecule has 0 aliphatic carbocycles. The van der Waals surface area contributed by atoms with Crippen LogP contribution in [0.2, 0.25) is 0 Å². The van der Waals surface area contributed by atoms with E-state index < -0.39 is 11.8 Å². The molecule has 24 heavy (non-hydrogen) atoms. The summed E-state index contributed by atoms with van der Waals surface area (Å²) in [6.45, 7) is 1.39. The summed E-state index contributed by atoms with van der Waals surface area (Å²) in [5.41, 5.74) is 1.34. The van der Waals surface area contributed by atoms with Gasteiger partial charge in [-0.2, -0.15) is 0 Å². The standard InChI is InChI=1S/C18H17NO5/c1-13(20)19(24-16-5-3-2-4-6-16)15-10-7-14(8-11-15)9-12-17(21)18(22)23/h2-8,10-11H,9,12H2,1H3,(H,22,23). The summed E-state index contributed by atoms with van der Waals surface area (Å²) in [6.07, 6.45) is 0.261. The van der Waals surface area contributed by atoms with E-state index in [1.54, 1.807) is 48.5 Å². The van der Waals surface area contributed by atoms with Gasteiger partial charge in [0.1, 0.15) is 0 Å².